The Balaban J connectivity index is 2.12. The van der Waals surface area contributed by atoms with E-state index in [1.165, 1.54) is 12.8 Å². The Bertz CT molecular complexity index is 344. The summed E-state index contributed by atoms with van der Waals surface area (Å²) in [4.78, 5) is 32.8. The van der Waals surface area contributed by atoms with E-state index in [2.05, 4.69) is 16.0 Å². The van der Waals surface area contributed by atoms with Gasteiger partial charge in [-0.2, -0.15) is 0 Å². The normalized spacial score (nSPS) is 15.6. The van der Waals surface area contributed by atoms with Gasteiger partial charge in [-0.05, 0) is 25.8 Å². The zero-order chi connectivity index (χ0) is 14.3. The summed E-state index contributed by atoms with van der Waals surface area (Å²) in [6.07, 6.45) is 2.76. The Labute approximate surface area is 111 Å². The van der Waals surface area contributed by atoms with E-state index in [0.717, 1.165) is 13.0 Å². The summed E-state index contributed by atoms with van der Waals surface area (Å²) in [6.45, 7) is 1.25. The molecule has 3 amide bonds. The van der Waals surface area contributed by atoms with Gasteiger partial charge in [0.2, 0.25) is 5.91 Å². The molecule has 1 atom stereocenters. The second-order valence-corrected chi connectivity index (χ2v) is 4.54. The van der Waals surface area contributed by atoms with Crippen molar-refractivity contribution in [1.82, 2.24) is 16.0 Å². The number of carboxylic acids is 1. The number of nitrogens with one attached hydrogen (secondary N) is 3. The molecule has 8 nitrogen and oxygen atoms in total. The molecule has 0 unspecified atom stereocenters. The van der Waals surface area contributed by atoms with E-state index in [9.17, 15) is 14.4 Å². The van der Waals surface area contributed by atoms with Gasteiger partial charge in [0, 0.05) is 12.6 Å². The van der Waals surface area contributed by atoms with E-state index in [1.54, 1.807) is 0 Å². The van der Waals surface area contributed by atoms with Crippen molar-refractivity contribution in [2.24, 2.45) is 5.73 Å². The zero-order valence-corrected chi connectivity index (χ0v) is 10.6. The standard InChI is InChI=1S/C11H20N4O4/c12-9(16)6-8(10(17)18)15-11(19)14-5-1-4-13-7-2-3-7/h7-8,13H,1-6H2,(H2,12,16)(H,17,18)(H2,14,15,19)/t8-/m0/s1. The fourth-order valence-electron chi connectivity index (χ4n) is 1.49. The summed E-state index contributed by atoms with van der Waals surface area (Å²) in [6, 6.07) is -1.28. The first-order valence-corrected chi connectivity index (χ1v) is 6.28. The van der Waals surface area contributed by atoms with Crippen LogP contribution in [0.2, 0.25) is 0 Å². The van der Waals surface area contributed by atoms with Gasteiger partial charge in [-0.3, -0.25) is 4.79 Å². The molecule has 0 aromatic rings. The van der Waals surface area contributed by atoms with Crippen molar-refractivity contribution in [3.63, 3.8) is 0 Å². The molecule has 8 heteroatoms. The van der Waals surface area contributed by atoms with Crippen LogP contribution in [0.4, 0.5) is 4.79 Å². The summed E-state index contributed by atoms with van der Waals surface area (Å²) >= 11 is 0. The molecule has 0 bridgehead atoms. The van der Waals surface area contributed by atoms with Crippen LogP contribution >= 0.6 is 0 Å². The summed E-state index contributed by atoms with van der Waals surface area (Å²) < 4.78 is 0. The van der Waals surface area contributed by atoms with Crippen LogP contribution in [0.3, 0.4) is 0 Å². The van der Waals surface area contributed by atoms with Gasteiger partial charge in [0.05, 0.1) is 6.42 Å². The minimum Gasteiger partial charge on any atom is -0.480 e. The van der Waals surface area contributed by atoms with Crippen LogP contribution in [0.5, 0.6) is 0 Å². The van der Waals surface area contributed by atoms with Gasteiger partial charge in [0.25, 0.3) is 0 Å². The van der Waals surface area contributed by atoms with E-state index in [0.29, 0.717) is 12.6 Å². The first kappa shape index (κ1) is 15.2. The smallest absolute Gasteiger partial charge is 0.326 e. The van der Waals surface area contributed by atoms with E-state index in [4.69, 9.17) is 10.8 Å². The minimum absolute atomic E-state index is 0.425. The third-order valence-electron chi connectivity index (χ3n) is 2.66. The van der Waals surface area contributed by atoms with Gasteiger partial charge in [-0.1, -0.05) is 0 Å². The van der Waals surface area contributed by atoms with Crippen LogP contribution in [0.25, 0.3) is 0 Å². The van der Waals surface area contributed by atoms with Crippen LogP contribution in [0.15, 0.2) is 0 Å². The molecular formula is C11H20N4O4. The zero-order valence-electron chi connectivity index (χ0n) is 10.6. The summed E-state index contributed by atoms with van der Waals surface area (Å²) in [5, 5.41) is 16.8. The fraction of sp³-hybridized carbons (Fsp3) is 0.727. The van der Waals surface area contributed by atoms with Crippen molar-refractivity contribution < 1.29 is 19.5 Å². The number of nitrogens with two attached hydrogens (primary N) is 1. The Morgan fingerprint density at radius 2 is 1.95 bits per heavy atom. The molecular weight excluding hydrogens is 252 g/mol. The number of hydrogen-bond acceptors (Lipinski definition) is 4. The van der Waals surface area contributed by atoms with Crippen LogP contribution < -0.4 is 21.7 Å². The van der Waals surface area contributed by atoms with Crippen LogP contribution in [0.1, 0.15) is 25.7 Å². The lowest BCUT2D eigenvalue weighted by Crippen LogP contribution is -2.48. The molecule has 0 radical (unpaired) electrons. The predicted molar refractivity (Wildman–Crippen MR) is 67.4 cm³/mol. The fourth-order valence-corrected chi connectivity index (χ4v) is 1.49. The molecule has 6 N–H and O–H groups in total. The Morgan fingerprint density at radius 3 is 2.47 bits per heavy atom. The van der Waals surface area contributed by atoms with E-state index < -0.39 is 30.4 Å². The number of primary amides is 1. The number of hydrogen-bond donors (Lipinski definition) is 5. The number of rotatable bonds is 9. The van der Waals surface area contributed by atoms with Crippen molar-refractivity contribution in [1.29, 1.82) is 0 Å². The Morgan fingerprint density at radius 1 is 1.26 bits per heavy atom. The van der Waals surface area contributed by atoms with Crippen molar-refractivity contribution in [2.75, 3.05) is 13.1 Å². The summed E-state index contributed by atoms with van der Waals surface area (Å²) in [5.74, 6) is -2.06. The summed E-state index contributed by atoms with van der Waals surface area (Å²) in [7, 11) is 0. The van der Waals surface area contributed by atoms with Crippen LogP contribution in [-0.4, -0.2) is 48.2 Å². The number of carbonyl (C=O) groups excluding carboxylic acids is 2. The number of urea groups is 1. The molecule has 0 aliphatic heterocycles. The topological polar surface area (TPSA) is 134 Å². The SMILES string of the molecule is NC(=O)C[C@H](NC(=O)NCCCNC1CC1)C(=O)O. The third-order valence-corrected chi connectivity index (χ3v) is 2.66. The molecule has 1 saturated carbocycles. The number of carboxylic acid groups (broad SMARTS) is 1. The predicted octanol–water partition coefficient (Wildman–Crippen LogP) is -1.24. The average Bonchev–Trinajstić information content (AvgIpc) is 3.11. The number of aliphatic carboxylic acids is 1. The number of amides is 3. The molecule has 1 rings (SSSR count). The van der Waals surface area contributed by atoms with E-state index in [1.807, 2.05) is 0 Å². The second kappa shape index (κ2) is 7.57. The molecule has 1 aliphatic carbocycles. The van der Waals surface area contributed by atoms with Gasteiger partial charge >= 0.3 is 12.0 Å². The van der Waals surface area contributed by atoms with Crippen LogP contribution in [0, 0.1) is 0 Å². The van der Waals surface area contributed by atoms with Crippen molar-refractivity contribution in [3.05, 3.63) is 0 Å². The monoisotopic (exact) mass is 272 g/mol. The molecule has 0 heterocycles. The highest BCUT2D eigenvalue weighted by molar-refractivity contribution is 5.87. The molecule has 108 valence electrons. The first-order valence-electron chi connectivity index (χ1n) is 6.28. The molecule has 19 heavy (non-hydrogen) atoms. The maximum atomic E-state index is 11.4. The lowest BCUT2D eigenvalue weighted by Gasteiger charge is -2.13. The maximum absolute atomic E-state index is 11.4. The van der Waals surface area contributed by atoms with Gasteiger partial charge in [0.1, 0.15) is 6.04 Å². The highest BCUT2D eigenvalue weighted by atomic mass is 16.4. The van der Waals surface area contributed by atoms with Crippen molar-refractivity contribution in [3.8, 4) is 0 Å². The average molecular weight is 272 g/mol. The maximum Gasteiger partial charge on any atom is 0.326 e. The summed E-state index contributed by atoms with van der Waals surface area (Å²) in [5.41, 5.74) is 4.90. The van der Waals surface area contributed by atoms with E-state index >= 15 is 0 Å². The Hall–Kier alpha value is -1.83. The highest BCUT2D eigenvalue weighted by Crippen LogP contribution is 2.18. The number of carbonyl (C=O) groups is 3. The van der Waals surface area contributed by atoms with E-state index in [-0.39, 0.29) is 0 Å². The lowest BCUT2D eigenvalue weighted by molar-refractivity contribution is -0.140. The molecule has 1 aliphatic rings. The van der Waals surface area contributed by atoms with Gasteiger partial charge in [-0.25, -0.2) is 9.59 Å². The molecule has 0 aromatic carbocycles. The van der Waals surface area contributed by atoms with Crippen LogP contribution in [-0.2, 0) is 9.59 Å². The van der Waals surface area contributed by atoms with Crippen molar-refractivity contribution >= 4 is 17.9 Å². The largest absolute Gasteiger partial charge is 0.480 e. The van der Waals surface area contributed by atoms with Gasteiger partial charge in [-0.15, -0.1) is 0 Å². The Kier molecular flexibility index (Phi) is 6.07. The molecule has 1 fully saturated rings. The second-order valence-electron chi connectivity index (χ2n) is 4.54. The highest BCUT2D eigenvalue weighted by Gasteiger charge is 2.22. The molecule has 0 spiro atoms. The first-order chi connectivity index (χ1) is 8.99. The minimum atomic E-state index is -1.29. The van der Waals surface area contributed by atoms with Crippen molar-refractivity contribution in [2.45, 2.75) is 37.8 Å². The lowest BCUT2D eigenvalue weighted by atomic mass is 10.2. The third kappa shape index (κ3) is 7.24. The molecule has 0 saturated heterocycles. The molecule has 0 aromatic heterocycles. The van der Waals surface area contributed by atoms with Gasteiger partial charge in [0.15, 0.2) is 0 Å². The quantitative estimate of drug-likeness (QED) is 0.335. The van der Waals surface area contributed by atoms with Gasteiger partial charge < -0.3 is 26.8 Å².